The van der Waals surface area contributed by atoms with Crippen molar-refractivity contribution in [3.63, 3.8) is 0 Å². The van der Waals surface area contributed by atoms with Crippen LogP contribution in [0.25, 0.3) is 33.3 Å². The largest absolute Gasteiger partial charge is 0.369 e. The Morgan fingerprint density at radius 3 is 2.71 bits per heavy atom. The number of nitrogens with zero attached hydrogens (tertiary/aromatic N) is 1. The zero-order valence-electron chi connectivity index (χ0n) is 15.2. The summed E-state index contributed by atoms with van der Waals surface area (Å²) in [5, 5.41) is 3.67. The first-order valence-electron chi connectivity index (χ1n) is 9.29. The maximum Gasteiger partial charge on any atom is 0.297 e. The van der Waals surface area contributed by atoms with Crippen molar-refractivity contribution in [3.05, 3.63) is 52.6 Å². The summed E-state index contributed by atoms with van der Waals surface area (Å²) in [6.45, 7) is 3.83. The molecule has 1 aliphatic rings. The average molecular weight is 380 g/mol. The molecule has 28 heavy (non-hydrogen) atoms. The summed E-state index contributed by atoms with van der Waals surface area (Å²) >= 11 is 0. The van der Waals surface area contributed by atoms with Gasteiger partial charge in [-0.25, -0.2) is 14.4 Å². The molecule has 5 rings (SSSR count). The van der Waals surface area contributed by atoms with E-state index in [1.165, 1.54) is 6.07 Å². The molecule has 1 saturated heterocycles. The normalized spacial score (nSPS) is 14.9. The third-order valence-electron chi connectivity index (χ3n) is 5.35. The summed E-state index contributed by atoms with van der Waals surface area (Å²) < 4.78 is 14.3. The van der Waals surface area contributed by atoms with Crippen LogP contribution in [-0.2, 0) is 0 Å². The molecule has 7 N–H and O–H groups in total. The number of aromatic nitrogens is 3. The molecule has 2 aromatic carbocycles. The Balaban J connectivity index is 1.65. The molecule has 1 aliphatic heterocycles. The molecule has 0 amide bonds. The Hall–Kier alpha value is -3.23. The first-order chi connectivity index (χ1) is 13.6. The number of rotatable bonds is 2. The van der Waals surface area contributed by atoms with Crippen molar-refractivity contribution in [3.8, 4) is 11.4 Å². The van der Waals surface area contributed by atoms with Crippen LogP contribution in [-0.4, -0.2) is 36.1 Å². The Kier molecular flexibility index (Phi) is 3.88. The number of nitrogens with one attached hydrogen (secondary N) is 4. The van der Waals surface area contributed by atoms with Gasteiger partial charge < -0.3 is 20.9 Å². The third kappa shape index (κ3) is 2.65. The van der Waals surface area contributed by atoms with Crippen LogP contribution in [0.15, 0.2) is 41.2 Å². The Morgan fingerprint density at radius 1 is 1.07 bits per heavy atom. The quantitative estimate of drug-likeness (QED) is 0.415. The number of pyridine rings is 1. The van der Waals surface area contributed by atoms with Crippen LogP contribution in [0.3, 0.4) is 0 Å². The fourth-order valence-corrected chi connectivity index (χ4v) is 3.94. The highest BCUT2D eigenvalue weighted by Gasteiger charge is 2.25. The van der Waals surface area contributed by atoms with Gasteiger partial charge in [-0.15, -0.1) is 0 Å². The van der Waals surface area contributed by atoms with Gasteiger partial charge in [0.15, 0.2) is 22.3 Å². The van der Waals surface area contributed by atoms with Gasteiger partial charge in [-0.1, -0.05) is 6.07 Å². The number of hydrogen-bond acceptors (Lipinski definition) is 3. The molecule has 4 aromatic rings. The molecular weight excluding hydrogens is 359 g/mol. The van der Waals surface area contributed by atoms with E-state index in [1.54, 1.807) is 12.1 Å². The molecule has 0 spiro atoms. The number of H-pyrrole nitrogens is 3. The minimum atomic E-state index is -0.405. The maximum absolute atomic E-state index is 14.3. The van der Waals surface area contributed by atoms with E-state index in [0.29, 0.717) is 28.0 Å². The van der Waals surface area contributed by atoms with E-state index >= 15 is 0 Å². The summed E-state index contributed by atoms with van der Waals surface area (Å²) in [6.07, 6.45) is 0. The van der Waals surface area contributed by atoms with Gasteiger partial charge >= 0.3 is 0 Å². The van der Waals surface area contributed by atoms with E-state index in [9.17, 15) is 9.18 Å². The third-order valence-corrected chi connectivity index (χ3v) is 5.35. The number of aromatic amines is 3. The molecule has 0 aliphatic carbocycles. The first-order valence-corrected chi connectivity index (χ1v) is 9.29. The van der Waals surface area contributed by atoms with Crippen LogP contribution in [0.4, 0.5) is 15.8 Å². The SMILES string of the molecule is [NH3+]c1c(-c2[nH]c3cc(N4CCNCC4)ccc3[nH+]2)c(=O)[nH]c2cccc(F)c12. The highest BCUT2D eigenvalue weighted by Crippen LogP contribution is 2.28. The summed E-state index contributed by atoms with van der Waals surface area (Å²) in [4.78, 5) is 24.3. The van der Waals surface area contributed by atoms with Gasteiger partial charge in [0.25, 0.3) is 11.4 Å². The minimum Gasteiger partial charge on any atom is -0.369 e. The molecule has 0 bridgehead atoms. The van der Waals surface area contributed by atoms with Gasteiger partial charge in [-0.3, -0.25) is 4.79 Å². The van der Waals surface area contributed by atoms with Crippen molar-refractivity contribution in [2.75, 3.05) is 31.1 Å². The van der Waals surface area contributed by atoms with Crippen molar-refractivity contribution in [2.45, 2.75) is 0 Å². The topological polar surface area (TPSA) is 106 Å². The Morgan fingerprint density at radius 2 is 1.89 bits per heavy atom. The summed E-state index contributed by atoms with van der Waals surface area (Å²) in [6, 6.07) is 10.7. The summed E-state index contributed by atoms with van der Waals surface area (Å²) in [7, 11) is 0. The van der Waals surface area contributed by atoms with Gasteiger partial charge in [0.05, 0.1) is 10.9 Å². The fourth-order valence-electron chi connectivity index (χ4n) is 3.94. The summed E-state index contributed by atoms with van der Waals surface area (Å²) in [5.41, 5.74) is 7.69. The molecule has 0 radical (unpaired) electrons. The Labute approximate surface area is 159 Å². The zero-order valence-corrected chi connectivity index (χ0v) is 15.2. The standard InChI is InChI=1S/C20H19FN6O/c21-12-2-1-3-14-16(12)18(22)17(20(28)26-14)19-24-13-5-4-11(10-15(13)25-19)27-8-6-23-7-9-27/h1-5,10,23H,6-9H2,(H,24,25)(H3,22,26,28)/p+2. The van der Waals surface area contributed by atoms with Crippen molar-refractivity contribution >= 4 is 33.3 Å². The number of benzene rings is 2. The van der Waals surface area contributed by atoms with E-state index < -0.39 is 5.82 Å². The molecule has 0 saturated carbocycles. The second-order valence-electron chi connectivity index (χ2n) is 7.06. The highest BCUT2D eigenvalue weighted by atomic mass is 19.1. The molecule has 142 valence electrons. The number of anilines is 1. The summed E-state index contributed by atoms with van der Waals surface area (Å²) in [5.74, 6) is 0.112. The smallest absolute Gasteiger partial charge is 0.297 e. The van der Waals surface area contributed by atoms with Gasteiger partial charge in [-0.05, 0) is 24.3 Å². The fraction of sp³-hybridized carbons (Fsp3) is 0.200. The maximum atomic E-state index is 14.3. The predicted molar refractivity (Wildman–Crippen MR) is 106 cm³/mol. The van der Waals surface area contributed by atoms with E-state index in [4.69, 9.17) is 0 Å². The van der Waals surface area contributed by atoms with Gasteiger partial charge in [-0.2, -0.15) is 0 Å². The lowest BCUT2D eigenvalue weighted by molar-refractivity contribution is -0.331. The van der Waals surface area contributed by atoms with Crippen LogP contribution in [0, 0.1) is 5.82 Å². The minimum absolute atomic E-state index is 0.312. The monoisotopic (exact) mass is 380 g/mol. The van der Waals surface area contributed by atoms with Crippen LogP contribution in [0.5, 0.6) is 0 Å². The van der Waals surface area contributed by atoms with Crippen LogP contribution < -0.4 is 26.5 Å². The molecule has 2 aromatic heterocycles. The number of halogens is 1. The molecule has 3 heterocycles. The number of fused-ring (bicyclic) bond motifs is 2. The number of imidazole rings is 1. The molecule has 0 unspecified atom stereocenters. The van der Waals surface area contributed by atoms with Crippen molar-refractivity contribution in [2.24, 2.45) is 0 Å². The number of piperazine rings is 1. The van der Waals surface area contributed by atoms with E-state index in [2.05, 4.69) is 43.0 Å². The lowest BCUT2D eigenvalue weighted by atomic mass is 10.1. The molecular formula is C20H21FN6O+2. The molecule has 0 atom stereocenters. The van der Waals surface area contributed by atoms with E-state index in [-0.39, 0.29) is 5.56 Å². The predicted octanol–water partition coefficient (Wildman–Crippen LogP) is 0.913. The van der Waals surface area contributed by atoms with E-state index in [1.807, 2.05) is 6.07 Å². The van der Waals surface area contributed by atoms with Crippen molar-refractivity contribution < 1.29 is 15.1 Å². The van der Waals surface area contributed by atoms with Crippen molar-refractivity contribution in [1.82, 2.24) is 15.3 Å². The van der Waals surface area contributed by atoms with Crippen LogP contribution >= 0.6 is 0 Å². The average Bonchev–Trinajstić information content (AvgIpc) is 3.11. The van der Waals surface area contributed by atoms with Gasteiger partial charge in [0.2, 0.25) is 0 Å². The molecule has 7 nitrogen and oxygen atoms in total. The van der Waals surface area contributed by atoms with E-state index in [0.717, 1.165) is 42.9 Å². The second kappa shape index (κ2) is 6.43. The number of quaternary nitrogens is 1. The second-order valence-corrected chi connectivity index (χ2v) is 7.06. The zero-order chi connectivity index (χ0) is 19.3. The van der Waals surface area contributed by atoms with Crippen LogP contribution in [0.2, 0.25) is 0 Å². The lowest BCUT2D eigenvalue weighted by Gasteiger charge is -2.29. The first kappa shape index (κ1) is 16.9. The Bertz CT molecular complexity index is 1260. The van der Waals surface area contributed by atoms with Crippen molar-refractivity contribution in [1.29, 1.82) is 0 Å². The molecule has 8 heteroatoms. The van der Waals surface area contributed by atoms with Gasteiger partial charge in [0, 0.05) is 37.9 Å². The number of hydrogen-bond donors (Lipinski definition) is 4. The lowest BCUT2D eigenvalue weighted by Crippen LogP contribution is -2.43. The van der Waals surface area contributed by atoms with Crippen LogP contribution in [0.1, 0.15) is 0 Å². The molecule has 1 fully saturated rings. The van der Waals surface area contributed by atoms with Gasteiger partial charge in [0.1, 0.15) is 5.82 Å². The highest BCUT2D eigenvalue weighted by molar-refractivity contribution is 5.94.